The van der Waals surface area contributed by atoms with Gasteiger partial charge in [0.15, 0.2) is 9.84 Å². The van der Waals surface area contributed by atoms with E-state index < -0.39 is 21.1 Å². The van der Waals surface area contributed by atoms with E-state index >= 15 is 0 Å². The molecule has 0 bridgehead atoms. The Kier molecular flexibility index (Phi) is 3.83. The van der Waals surface area contributed by atoms with Gasteiger partial charge in [-0.25, -0.2) is 8.42 Å². The van der Waals surface area contributed by atoms with Gasteiger partial charge >= 0.3 is 0 Å². The third-order valence-electron chi connectivity index (χ3n) is 2.36. The van der Waals surface area contributed by atoms with Crippen molar-refractivity contribution in [3.8, 4) is 0 Å². The summed E-state index contributed by atoms with van der Waals surface area (Å²) in [7, 11) is -3.26. The zero-order valence-corrected chi connectivity index (χ0v) is 10.1. The summed E-state index contributed by atoms with van der Waals surface area (Å²) in [5.74, 6) is 0. The zero-order valence-electron chi connectivity index (χ0n) is 9.25. The molecule has 88 valence electrons. The number of carbonyl (C=O) groups is 1. The lowest BCUT2D eigenvalue weighted by Crippen LogP contribution is -2.15. The van der Waals surface area contributed by atoms with Crippen LogP contribution in [0.3, 0.4) is 0 Å². The molecule has 0 saturated carbocycles. The molecule has 0 aliphatic rings. The van der Waals surface area contributed by atoms with E-state index in [1.807, 2.05) is 0 Å². The van der Waals surface area contributed by atoms with Crippen LogP contribution < -0.4 is 5.73 Å². The zero-order chi connectivity index (χ0) is 12.3. The van der Waals surface area contributed by atoms with Gasteiger partial charge in [-0.1, -0.05) is 12.1 Å². The summed E-state index contributed by atoms with van der Waals surface area (Å²) < 4.78 is 23.6. The first-order valence-electron chi connectivity index (χ1n) is 4.94. The average Bonchev–Trinajstić information content (AvgIpc) is 2.28. The molecule has 0 aliphatic carbocycles. The predicted octanol–water partition coefficient (Wildman–Crippen LogP) is 1.07. The maximum Gasteiger partial charge on any atom is 0.180 e. The van der Waals surface area contributed by atoms with Gasteiger partial charge in [-0.15, -0.1) is 0 Å². The summed E-state index contributed by atoms with van der Waals surface area (Å²) in [5.41, 5.74) is 6.10. The van der Waals surface area contributed by atoms with Crippen LogP contribution in [0, 0.1) is 0 Å². The second kappa shape index (κ2) is 4.76. The highest BCUT2D eigenvalue weighted by Gasteiger charge is 2.19. The quantitative estimate of drug-likeness (QED) is 0.800. The Morgan fingerprint density at radius 2 is 1.69 bits per heavy atom. The van der Waals surface area contributed by atoms with Gasteiger partial charge in [0.05, 0.1) is 16.2 Å². The molecule has 0 amide bonds. The molecular weight excluding hydrogens is 226 g/mol. The van der Waals surface area contributed by atoms with Crippen molar-refractivity contribution >= 4 is 16.1 Å². The summed E-state index contributed by atoms with van der Waals surface area (Å²) in [5, 5.41) is -0.460. The Morgan fingerprint density at radius 3 is 2.06 bits per heavy atom. The van der Waals surface area contributed by atoms with Gasteiger partial charge in [-0.2, -0.15) is 0 Å². The number of carbonyl (C=O) groups excluding carboxylic acids is 1. The van der Waals surface area contributed by atoms with Gasteiger partial charge in [0.25, 0.3) is 0 Å². The number of benzene rings is 1. The maximum atomic E-state index is 11.8. The fourth-order valence-electron chi connectivity index (χ4n) is 1.23. The van der Waals surface area contributed by atoms with Gasteiger partial charge < -0.3 is 10.5 Å². The minimum Gasteiger partial charge on any atom is -0.318 e. The molecule has 0 aliphatic heterocycles. The van der Waals surface area contributed by atoms with Crippen LogP contribution in [0.5, 0.6) is 0 Å². The number of hydrogen-bond acceptors (Lipinski definition) is 4. The molecule has 1 unspecified atom stereocenters. The number of aldehydes is 1. The summed E-state index contributed by atoms with van der Waals surface area (Å²) >= 11 is 0. The van der Waals surface area contributed by atoms with E-state index in [9.17, 15) is 13.2 Å². The van der Waals surface area contributed by atoms with E-state index in [-0.39, 0.29) is 4.90 Å². The predicted molar refractivity (Wildman–Crippen MR) is 61.8 cm³/mol. The van der Waals surface area contributed by atoms with E-state index in [2.05, 4.69) is 0 Å². The summed E-state index contributed by atoms with van der Waals surface area (Å²) in [6.07, 6.45) is 0.617. The van der Waals surface area contributed by atoms with E-state index in [1.54, 1.807) is 26.0 Å². The van der Waals surface area contributed by atoms with E-state index in [1.165, 1.54) is 12.1 Å². The molecule has 0 saturated heterocycles. The lowest BCUT2D eigenvalue weighted by Gasteiger charge is -2.09. The average molecular weight is 241 g/mol. The first-order chi connectivity index (χ1) is 7.39. The molecule has 2 N–H and O–H groups in total. The minimum atomic E-state index is -3.26. The smallest absolute Gasteiger partial charge is 0.180 e. The van der Waals surface area contributed by atoms with Crippen molar-refractivity contribution in [1.29, 1.82) is 0 Å². The van der Waals surface area contributed by atoms with Crippen LogP contribution in [0.15, 0.2) is 29.2 Å². The number of hydrogen-bond donors (Lipinski definition) is 1. The fourth-order valence-corrected chi connectivity index (χ4v) is 2.29. The van der Waals surface area contributed by atoms with Gasteiger partial charge in [0, 0.05) is 0 Å². The first-order valence-corrected chi connectivity index (χ1v) is 6.49. The van der Waals surface area contributed by atoms with Crippen molar-refractivity contribution < 1.29 is 13.2 Å². The Labute approximate surface area is 95.4 Å². The van der Waals surface area contributed by atoms with Gasteiger partial charge in [-0.3, -0.25) is 0 Å². The van der Waals surface area contributed by atoms with Crippen LogP contribution >= 0.6 is 0 Å². The maximum absolute atomic E-state index is 11.8. The SMILES string of the molecule is CC(C)S(=O)(=O)c1ccc(C(N)C=O)cc1. The van der Waals surface area contributed by atoms with Crippen molar-refractivity contribution in [2.75, 3.05) is 0 Å². The van der Waals surface area contributed by atoms with Crippen molar-refractivity contribution in [3.05, 3.63) is 29.8 Å². The molecule has 5 heteroatoms. The van der Waals surface area contributed by atoms with Crippen LogP contribution in [0.25, 0.3) is 0 Å². The summed E-state index contributed by atoms with van der Waals surface area (Å²) in [6, 6.07) is 5.39. The molecule has 16 heavy (non-hydrogen) atoms. The first kappa shape index (κ1) is 12.9. The molecule has 1 rings (SSSR count). The molecule has 1 aromatic rings. The largest absolute Gasteiger partial charge is 0.318 e. The molecule has 1 atom stereocenters. The number of nitrogens with two attached hydrogens (primary N) is 1. The monoisotopic (exact) mass is 241 g/mol. The van der Waals surface area contributed by atoms with Crippen LogP contribution in [-0.4, -0.2) is 20.0 Å². The lowest BCUT2D eigenvalue weighted by molar-refractivity contribution is -0.109. The highest BCUT2D eigenvalue weighted by atomic mass is 32.2. The third-order valence-corrected chi connectivity index (χ3v) is 4.53. The summed E-state index contributed by atoms with van der Waals surface area (Å²) in [4.78, 5) is 10.7. The molecule has 0 fully saturated rings. The number of rotatable bonds is 4. The molecule has 4 nitrogen and oxygen atoms in total. The second-order valence-electron chi connectivity index (χ2n) is 3.82. The van der Waals surface area contributed by atoms with Crippen molar-refractivity contribution in [3.63, 3.8) is 0 Å². The van der Waals surface area contributed by atoms with Crippen molar-refractivity contribution in [2.45, 2.75) is 30.0 Å². The Hall–Kier alpha value is -1.20. The molecule has 0 radical (unpaired) electrons. The minimum absolute atomic E-state index is 0.254. The van der Waals surface area contributed by atoms with E-state index in [0.717, 1.165) is 0 Å². The Balaban J connectivity index is 3.09. The molecule has 0 aromatic heterocycles. The third kappa shape index (κ3) is 2.48. The van der Waals surface area contributed by atoms with Crippen LogP contribution in [0.2, 0.25) is 0 Å². The second-order valence-corrected chi connectivity index (χ2v) is 6.33. The van der Waals surface area contributed by atoms with Crippen LogP contribution in [-0.2, 0) is 14.6 Å². The normalized spacial score (nSPS) is 13.8. The topological polar surface area (TPSA) is 77.2 Å². The molecular formula is C11H15NO3S. The van der Waals surface area contributed by atoms with E-state index in [4.69, 9.17) is 5.73 Å². The Bertz CT molecular complexity index is 463. The molecule has 0 spiro atoms. The van der Waals surface area contributed by atoms with Crippen molar-refractivity contribution in [2.24, 2.45) is 5.73 Å². The van der Waals surface area contributed by atoms with Crippen molar-refractivity contribution in [1.82, 2.24) is 0 Å². The van der Waals surface area contributed by atoms with Gasteiger partial charge in [0.1, 0.15) is 6.29 Å². The molecule has 0 heterocycles. The standard InChI is InChI=1S/C11H15NO3S/c1-8(2)16(14,15)10-5-3-9(4-6-10)11(12)7-13/h3-8,11H,12H2,1-2H3. The Morgan fingerprint density at radius 1 is 1.19 bits per heavy atom. The summed E-state index contributed by atoms with van der Waals surface area (Å²) in [6.45, 7) is 3.25. The highest BCUT2D eigenvalue weighted by molar-refractivity contribution is 7.92. The number of sulfone groups is 1. The van der Waals surface area contributed by atoms with Crippen LogP contribution in [0.1, 0.15) is 25.5 Å². The molecule has 1 aromatic carbocycles. The van der Waals surface area contributed by atoms with Gasteiger partial charge in [0.2, 0.25) is 0 Å². The lowest BCUT2D eigenvalue weighted by atomic mass is 10.1. The fraction of sp³-hybridized carbons (Fsp3) is 0.364. The highest BCUT2D eigenvalue weighted by Crippen LogP contribution is 2.18. The van der Waals surface area contributed by atoms with Crippen LogP contribution in [0.4, 0.5) is 0 Å². The van der Waals surface area contributed by atoms with Gasteiger partial charge in [-0.05, 0) is 31.5 Å². The van der Waals surface area contributed by atoms with E-state index in [0.29, 0.717) is 11.8 Å².